The van der Waals surface area contributed by atoms with Gasteiger partial charge in [0.15, 0.2) is 6.61 Å². The molecule has 1 N–H and O–H groups in total. The van der Waals surface area contributed by atoms with Crippen molar-refractivity contribution in [1.82, 2.24) is 0 Å². The number of anilines is 1. The summed E-state index contributed by atoms with van der Waals surface area (Å²) in [6.07, 6.45) is 1.45. The number of benzene rings is 2. The highest BCUT2D eigenvalue weighted by Crippen LogP contribution is 2.25. The number of hydrogen-bond donors (Lipinski definition) is 1. The van der Waals surface area contributed by atoms with Gasteiger partial charge in [-0.3, -0.25) is 4.79 Å². The van der Waals surface area contributed by atoms with Crippen LogP contribution >= 0.6 is 23.2 Å². The zero-order chi connectivity index (χ0) is 18.2. The maximum atomic E-state index is 12.2. The Balaban J connectivity index is 2.13. The lowest BCUT2D eigenvalue weighted by atomic mass is 10.1. The first kappa shape index (κ1) is 18.4. The largest absolute Gasteiger partial charge is 0.479 e. The van der Waals surface area contributed by atoms with Crippen molar-refractivity contribution in [2.45, 2.75) is 0 Å². The molecular formula is C18H11Cl2N3O2. The average molecular weight is 372 g/mol. The van der Waals surface area contributed by atoms with Crippen molar-refractivity contribution in [3.8, 4) is 17.9 Å². The maximum absolute atomic E-state index is 12.2. The maximum Gasteiger partial charge on any atom is 0.266 e. The molecule has 0 saturated carbocycles. The number of halogens is 2. The number of hydrogen-bond acceptors (Lipinski definition) is 4. The van der Waals surface area contributed by atoms with E-state index >= 15 is 0 Å². The molecule has 0 heterocycles. The van der Waals surface area contributed by atoms with E-state index in [0.717, 1.165) is 0 Å². The molecule has 0 bridgehead atoms. The molecule has 0 atom stereocenters. The molecule has 0 unspecified atom stereocenters. The first-order valence-corrected chi connectivity index (χ1v) is 7.77. The number of carbonyl (C=O) groups excluding carboxylic acids is 1. The number of amides is 1. The first-order valence-electron chi connectivity index (χ1n) is 7.01. The van der Waals surface area contributed by atoms with Crippen LogP contribution in [0.2, 0.25) is 10.0 Å². The Labute approximate surface area is 154 Å². The van der Waals surface area contributed by atoms with E-state index in [1.807, 2.05) is 12.1 Å². The van der Waals surface area contributed by atoms with E-state index in [0.29, 0.717) is 27.0 Å². The van der Waals surface area contributed by atoms with Gasteiger partial charge >= 0.3 is 0 Å². The van der Waals surface area contributed by atoms with Gasteiger partial charge in [-0.15, -0.1) is 0 Å². The van der Waals surface area contributed by atoms with E-state index in [2.05, 4.69) is 5.32 Å². The number of carbonyl (C=O) groups is 1. The fraction of sp³-hybridized carbons (Fsp3) is 0.0556. The van der Waals surface area contributed by atoms with Crippen LogP contribution in [-0.2, 0) is 4.79 Å². The van der Waals surface area contributed by atoms with Gasteiger partial charge in [0.2, 0.25) is 0 Å². The highest BCUT2D eigenvalue weighted by molar-refractivity contribution is 6.42. The second kappa shape index (κ2) is 8.75. The van der Waals surface area contributed by atoms with Gasteiger partial charge in [-0.2, -0.15) is 10.5 Å². The molecule has 2 rings (SSSR count). The third kappa shape index (κ3) is 5.26. The standard InChI is InChI=1S/C18H11Cl2N3O2/c19-16-6-3-14(10-17(16)20)23-18(24)13(11-22)9-12-1-4-15(5-2-12)25-8-7-21/h1-6,9-10H,8H2,(H,23,24)/b13-9+. The van der Waals surface area contributed by atoms with Crippen molar-refractivity contribution in [2.75, 3.05) is 11.9 Å². The molecule has 124 valence electrons. The smallest absolute Gasteiger partial charge is 0.266 e. The van der Waals surface area contributed by atoms with Gasteiger partial charge in [-0.05, 0) is 42.0 Å². The molecule has 2 aromatic carbocycles. The molecule has 2 aromatic rings. The predicted octanol–water partition coefficient (Wildman–Crippen LogP) is 4.44. The average Bonchev–Trinajstić information content (AvgIpc) is 2.62. The number of nitriles is 2. The van der Waals surface area contributed by atoms with Crippen molar-refractivity contribution in [3.63, 3.8) is 0 Å². The van der Waals surface area contributed by atoms with Gasteiger partial charge in [0.25, 0.3) is 5.91 Å². The Bertz CT molecular complexity index is 894. The molecule has 0 radical (unpaired) electrons. The predicted molar refractivity (Wildman–Crippen MR) is 96.2 cm³/mol. The van der Waals surface area contributed by atoms with Crippen LogP contribution in [0.15, 0.2) is 48.0 Å². The van der Waals surface area contributed by atoms with Crippen LogP contribution in [0, 0.1) is 22.7 Å². The van der Waals surface area contributed by atoms with Crippen LogP contribution in [0.3, 0.4) is 0 Å². The van der Waals surface area contributed by atoms with Crippen LogP contribution in [0.4, 0.5) is 5.69 Å². The van der Waals surface area contributed by atoms with Crippen LogP contribution in [0.5, 0.6) is 5.75 Å². The summed E-state index contributed by atoms with van der Waals surface area (Å²) >= 11 is 11.7. The Morgan fingerprint density at radius 1 is 1.12 bits per heavy atom. The number of rotatable bonds is 5. The van der Waals surface area contributed by atoms with Crippen molar-refractivity contribution < 1.29 is 9.53 Å². The van der Waals surface area contributed by atoms with Crippen LogP contribution in [0.25, 0.3) is 6.08 Å². The molecule has 0 fully saturated rings. The molecule has 0 aliphatic heterocycles. The van der Waals surface area contributed by atoms with Gasteiger partial charge in [0.1, 0.15) is 23.5 Å². The summed E-state index contributed by atoms with van der Waals surface area (Å²) < 4.78 is 5.14. The summed E-state index contributed by atoms with van der Waals surface area (Å²) in [4.78, 5) is 12.2. The topological polar surface area (TPSA) is 85.9 Å². The lowest BCUT2D eigenvalue weighted by molar-refractivity contribution is -0.112. The fourth-order valence-electron chi connectivity index (χ4n) is 1.86. The molecule has 5 nitrogen and oxygen atoms in total. The normalized spacial score (nSPS) is 10.5. The van der Waals surface area contributed by atoms with Crippen molar-refractivity contribution in [1.29, 1.82) is 10.5 Å². The zero-order valence-corrected chi connectivity index (χ0v) is 14.3. The van der Waals surface area contributed by atoms with Gasteiger partial charge in [-0.25, -0.2) is 0 Å². The quantitative estimate of drug-likeness (QED) is 0.621. The van der Waals surface area contributed by atoms with E-state index in [1.165, 1.54) is 12.1 Å². The Morgan fingerprint density at radius 3 is 2.44 bits per heavy atom. The van der Waals surface area contributed by atoms with Gasteiger partial charge in [-0.1, -0.05) is 35.3 Å². The van der Waals surface area contributed by atoms with E-state index in [1.54, 1.807) is 36.4 Å². The molecule has 0 aliphatic carbocycles. The molecule has 0 aliphatic rings. The minimum atomic E-state index is -0.564. The van der Waals surface area contributed by atoms with E-state index in [9.17, 15) is 10.1 Å². The number of nitrogens with one attached hydrogen (secondary N) is 1. The molecule has 0 saturated heterocycles. The number of nitrogens with zero attached hydrogens (tertiary/aromatic N) is 2. The van der Waals surface area contributed by atoms with E-state index < -0.39 is 5.91 Å². The van der Waals surface area contributed by atoms with Crippen LogP contribution in [0.1, 0.15) is 5.56 Å². The molecule has 0 spiro atoms. The lowest BCUT2D eigenvalue weighted by Crippen LogP contribution is -2.13. The summed E-state index contributed by atoms with van der Waals surface area (Å²) in [6, 6.07) is 15.0. The highest BCUT2D eigenvalue weighted by atomic mass is 35.5. The third-order valence-corrected chi connectivity index (χ3v) is 3.78. The minimum absolute atomic E-state index is 0.0509. The van der Waals surface area contributed by atoms with Crippen molar-refractivity contribution in [3.05, 3.63) is 63.6 Å². The summed E-state index contributed by atoms with van der Waals surface area (Å²) in [6.45, 7) is -0.0509. The summed E-state index contributed by atoms with van der Waals surface area (Å²) in [5, 5.41) is 20.9. The highest BCUT2D eigenvalue weighted by Gasteiger charge is 2.10. The lowest BCUT2D eigenvalue weighted by Gasteiger charge is -2.06. The van der Waals surface area contributed by atoms with E-state index in [-0.39, 0.29) is 12.2 Å². The van der Waals surface area contributed by atoms with Crippen molar-refractivity contribution >= 4 is 40.9 Å². The zero-order valence-electron chi connectivity index (χ0n) is 12.8. The second-order valence-electron chi connectivity index (χ2n) is 4.77. The summed E-state index contributed by atoms with van der Waals surface area (Å²) in [5.41, 5.74) is 1.00. The van der Waals surface area contributed by atoms with Crippen LogP contribution in [-0.4, -0.2) is 12.5 Å². The van der Waals surface area contributed by atoms with Gasteiger partial charge in [0, 0.05) is 5.69 Å². The second-order valence-corrected chi connectivity index (χ2v) is 5.58. The molecule has 7 heteroatoms. The Morgan fingerprint density at radius 2 is 1.84 bits per heavy atom. The summed E-state index contributed by atoms with van der Waals surface area (Å²) in [7, 11) is 0. The minimum Gasteiger partial charge on any atom is -0.479 e. The summed E-state index contributed by atoms with van der Waals surface area (Å²) in [5.74, 6) is -0.0387. The monoisotopic (exact) mass is 371 g/mol. The molecule has 0 aromatic heterocycles. The van der Waals surface area contributed by atoms with Crippen molar-refractivity contribution in [2.24, 2.45) is 0 Å². The van der Waals surface area contributed by atoms with Crippen LogP contribution < -0.4 is 10.1 Å². The molecule has 1 amide bonds. The fourth-order valence-corrected chi connectivity index (χ4v) is 2.16. The van der Waals surface area contributed by atoms with Gasteiger partial charge in [0.05, 0.1) is 10.0 Å². The van der Waals surface area contributed by atoms with E-state index in [4.69, 9.17) is 33.2 Å². The Hall–Kier alpha value is -2.99. The SMILES string of the molecule is N#CCOc1ccc(/C=C(\C#N)C(=O)Nc2ccc(Cl)c(Cl)c2)cc1. The number of ether oxygens (including phenoxy) is 1. The third-order valence-electron chi connectivity index (χ3n) is 3.04. The van der Waals surface area contributed by atoms with Gasteiger partial charge < -0.3 is 10.1 Å². The first-order chi connectivity index (χ1) is 12.0. The molecular weight excluding hydrogens is 361 g/mol. The molecule has 25 heavy (non-hydrogen) atoms. The Kier molecular flexibility index (Phi) is 6.42.